The van der Waals surface area contributed by atoms with Crippen molar-refractivity contribution in [1.29, 1.82) is 0 Å². The first-order chi connectivity index (χ1) is 6.25. The Balaban J connectivity index is 3.02. The van der Waals surface area contributed by atoms with Gasteiger partial charge in [-0.25, -0.2) is 0 Å². The van der Waals surface area contributed by atoms with Crippen molar-refractivity contribution in [3.8, 4) is 0 Å². The highest BCUT2D eigenvalue weighted by molar-refractivity contribution is 5.41. The molecule has 1 rings (SSSR count). The maximum Gasteiger partial charge on any atom is 0.456 e. The Morgan fingerprint density at radius 3 is 2.54 bits per heavy atom. The van der Waals surface area contributed by atoms with Gasteiger partial charge in [0.2, 0.25) is 5.69 Å². The first kappa shape index (κ1) is 8.82. The van der Waals surface area contributed by atoms with Crippen molar-refractivity contribution < 1.29 is 5.03 Å². The third kappa shape index (κ3) is 2.08. The largest absolute Gasteiger partial charge is 0.456 e. The monoisotopic (exact) mass is 179 g/mol. The quantitative estimate of drug-likeness (QED) is 0.233. The zero-order chi connectivity index (χ0) is 9.68. The second-order valence-electron chi connectivity index (χ2n) is 2.04. The van der Waals surface area contributed by atoms with Gasteiger partial charge in [-0.15, -0.1) is 0 Å². The second kappa shape index (κ2) is 3.93. The van der Waals surface area contributed by atoms with Crippen LogP contribution in [0.4, 0.5) is 5.69 Å². The number of para-hydroxylation sites is 1. The molecule has 0 spiro atoms. The van der Waals surface area contributed by atoms with E-state index in [0.717, 1.165) is 0 Å². The van der Waals surface area contributed by atoms with Gasteiger partial charge in [0.25, 0.3) is 0 Å². The number of benzene rings is 1. The lowest BCUT2D eigenvalue weighted by Gasteiger charge is -1.95. The van der Waals surface area contributed by atoms with Gasteiger partial charge in [-0.1, -0.05) is 23.7 Å². The molecule has 0 bridgehead atoms. The van der Waals surface area contributed by atoms with Crippen LogP contribution in [-0.4, -0.2) is 5.03 Å². The maximum absolute atomic E-state index is 10.4. The highest BCUT2D eigenvalue weighted by atomic mass is 16.7. The van der Waals surface area contributed by atoms with Crippen LogP contribution in [0.25, 0.3) is 10.4 Å². The van der Waals surface area contributed by atoms with Crippen molar-refractivity contribution in [3.05, 3.63) is 50.9 Å². The van der Waals surface area contributed by atoms with E-state index in [9.17, 15) is 10.1 Å². The lowest BCUT2D eigenvalue weighted by atomic mass is 10.3. The summed E-state index contributed by atoms with van der Waals surface area (Å²) in [5.41, 5.74) is 8.27. The molecule has 0 unspecified atom stereocenters. The number of rotatable bonds is 3. The molecule has 13 heavy (non-hydrogen) atoms. The highest BCUT2D eigenvalue weighted by Crippen LogP contribution is 2.12. The number of anilines is 1. The molecule has 7 heteroatoms. The van der Waals surface area contributed by atoms with Crippen molar-refractivity contribution in [2.24, 2.45) is 5.22 Å². The molecule has 7 nitrogen and oxygen atoms in total. The van der Waals surface area contributed by atoms with E-state index in [1.807, 2.05) is 0 Å². The Labute approximate surface area is 72.9 Å². The molecule has 1 aromatic rings. The summed E-state index contributed by atoms with van der Waals surface area (Å²) in [6, 6.07) is 7.87. The average Bonchev–Trinajstić information content (AvgIpc) is 2.15. The van der Waals surface area contributed by atoms with Crippen LogP contribution >= 0.6 is 0 Å². The molecule has 0 radical (unpaired) electrons. The first-order valence-electron chi connectivity index (χ1n) is 3.30. The molecule has 0 aliphatic rings. The predicted octanol–water partition coefficient (Wildman–Crippen LogP) is 1.91. The van der Waals surface area contributed by atoms with Crippen molar-refractivity contribution in [2.75, 3.05) is 5.12 Å². The van der Waals surface area contributed by atoms with Crippen LogP contribution in [0.1, 0.15) is 0 Å². The van der Waals surface area contributed by atoms with E-state index in [0.29, 0.717) is 5.12 Å². The van der Waals surface area contributed by atoms with Crippen LogP contribution < -0.4 is 5.12 Å². The molecular weight excluding hydrogens is 174 g/mol. The first-order valence-corrected chi connectivity index (χ1v) is 3.30. The van der Waals surface area contributed by atoms with E-state index in [-0.39, 0.29) is 5.69 Å². The van der Waals surface area contributed by atoms with Crippen molar-refractivity contribution in [3.63, 3.8) is 0 Å². The average molecular weight is 179 g/mol. The van der Waals surface area contributed by atoms with Gasteiger partial charge in [-0.05, 0) is 12.1 Å². The molecular formula is C6H5N5O2. The van der Waals surface area contributed by atoms with Gasteiger partial charge in [-0.3, -0.25) is 0 Å². The van der Waals surface area contributed by atoms with Crippen molar-refractivity contribution >= 4 is 5.69 Å². The minimum Gasteiger partial charge on any atom is -0.321 e. The Kier molecular flexibility index (Phi) is 2.67. The third-order valence-electron chi connectivity index (χ3n) is 1.27. The van der Waals surface area contributed by atoms with Gasteiger partial charge in [0.05, 0.1) is 4.91 Å². The Hall–Kier alpha value is -2.27. The molecule has 0 N–H and O–H groups in total. The van der Waals surface area contributed by atoms with E-state index >= 15 is 0 Å². The SMILES string of the molecule is [N-]=[N+]=NN(c1ccccc1)[N+](=O)[O-]. The van der Waals surface area contributed by atoms with Gasteiger partial charge in [0.1, 0.15) is 5.03 Å². The Morgan fingerprint density at radius 2 is 2.08 bits per heavy atom. The standard InChI is InChI=1S/C6H5N5O2/c7-8-9-10(11(12)13)6-4-2-1-3-5-6/h1-5H. The van der Waals surface area contributed by atoms with Crippen LogP contribution in [0.5, 0.6) is 0 Å². The van der Waals surface area contributed by atoms with E-state index in [1.54, 1.807) is 18.2 Å². The van der Waals surface area contributed by atoms with Gasteiger partial charge in [0, 0.05) is 0 Å². The second-order valence-corrected chi connectivity index (χ2v) is 2.04. The third-order valence-corrected chi connectivity index (χ3v) is 1.27. The zero-order valence-electron chi connectivity index (χ0n) is 6.44. The van der Waals surface area contributed by atoms with Crippen LogP contribution in [0.2, 0.25) is 0 Å². The minimum atomic E-state index is -0.797. The summed E-state index contributed by atoms with van der Waals surface area (Å²) in [4.78, 5) is 12.7. The molecule has 0 aromatic heterocycles. The van der Waals surface area contributed by atoms with E-state index in [1.165, 1.54) is 12.1 Å². The number of hydrazine groups is 1. The van der Waals surface area contributed by atoms with Crippen molar-refractivity contribution in [1.82, 2.24) is 0 Å². The predicted molar refractivity (Wildman–Crippen MR) is 45.1 cm³/mol. The van der Waals surface area contributed by atoms with Gasteiger partial charge in [0.15, 0.2) is 5.12 Å². The lowest BCUT2D eigenvalue weighted by molar-refractivity contribution is -0.495. The zero-order valence-corrected chi connectivity index (χ0v) is 6.44. The number of nitrogens with zero attached hydrogens (tertiary/aromatic N) is 5. The van der Waals surface area contributed by atoms with E-state index in [2.05, 4.69) is 10.1 Å². The molecule has 66 valence electrons. The molecule has 0 fully saturated rings. The summed E-state index contributed by atoms with van der Waals surface area (Å²) in [6.45, 7) is 0. The minimum absolute atomic E-state index is 0.213. The number of hydrogen-bond acceptors (Lipinski definition) is 3. The molecule has 1 aromatic carbocycles. The van der Waals surface area contributed by atoms with E-state index in [4.69, 9.17) is 5.53 Å². The molecule has 0 aliphatic heterocycles. The molecule has 0 saturated heterocycles. The van der Waals surface area contributed by atoms with Crippen LogP contribution in [0.15, 0.2) is 35.6 Å². The smallest absolute Gasteiger partial charge is 0.321 e. The maximum atomic E-state index is 10.4. The number of nitro groups is 1. The summed E-state index contributed by atoms with van der Waals surface area (Å²) < 4.78 is 0. The molecule has 0 heterocycles. The van der Waals surface area contributed by atoms with Gasteiger partial charge < -0.3 is 10.1 Å². The summed E-state index contributed by atoms with van der Waals surface area (Å²) in [5.74, 6) is 0. The normalized spacial score (nSPS) is 8.62. The Bertz CT molecular complexity index is 343. The number of hydrogen-bond donors (Lipinski definition) is 0. The lowest BCUT2D eigenvalue weighted by Crippen LogP contribution is -2.22. The van der Waals surface area contributed by atoms with Crippen LogP contribution in [-0.2, 0) is 0 Å². The molecule has 0 aliphatic carbocycles. The Morgan fingerprint density at radius 1 is 1.46 bits per heavy atom. The highest BCUT2D eigenvalue weighted by Gasteiger charge is 2.26. The summed E-state index contributed by atoms with van der Waals surface area (Å²) in [7, 11) is 0. The van der Waals surface area contributed by atoms with Gasteiger partial charge in [-0.2, -0.15) is 0 Å². The summed E-state index contributed by atoms with van der Waals surface area (Å²) in [5, 5.41) is 12.8. The van der Waals surface area contributed by atoms with Crippen LogP contribution in [0.3, 0.4) is 0 Å². The fourth-order valence-electron chi connectivity index (χ4n) is 0.778. The topological polar surface area (TPSA) is 95.1 Å². The number of azide groups is 1. The summed E-state index contributed by atoms with van der Waals surface area (Å²) in [6.07, 6.45) is 0. The molecule has 0 atom stereocenters. The fourth-order valence-corrected chi connectivity index (χ4v) is 0.778. The molecule has 0 amide bonds. The van der Waals surface area contributed by atoms with Gasteiger partial charge >= 0.3 is 5.22 Å². The van der Waals surface area contributed by atoms with Crippen molar-refractivity contribution in [2.45, 2.75) is 0 Å². The summed E-state index contributed by atoms with van der Waals surface area (Å²) >= 11 is 0. The van der Waals surface area contributed by atoms with E-state index < -0.39 is 5.03 Å². The van der Waals surface area contributed by atoms with Crippen LogP contribution in [0, 0.1) is 10.1 Å². The fraction of sp³-hybridized carbons (Fsp3) is 0. The molecule has 0 saturated carbocycles.